The van der Waals surface area contributed by atoms with E-state index in [1.165, 1.54) is 45.0 Å². The van der Waals surface area contributed by atoms with Gasteiger partial charge >= 0.3 is 0 Å². The smallest absolute Gasteiger partial charge is 0.246 e. The van der Waals surface area contributed by atoms with Crippen LogP contribution in [0.4, 0.5) is 0 Å². The molecule has 7 heteroatoms. The summed E-state index contributed by atoms with van der Waals surface area (Å²) < 4.78 is 29.8. The van der Waals surface area contributed by atoms with Crippen LogP contribution >= 0.6 is 0 Å². The number of piperidine rings is 2. The van der Waals surface area contributed by atoms with Crippen LogP contribution in [0.2, 0.25) is 0 Å². The molecule has 2 bridgehead atoms. The molecule has 4 rings (SSSR count). The molecule has 6 nitrogen and oxygen atoms in total. The third-order valence-electron chi connectivity index (χ3n) is 6.61. The summed E-state index contributed by atoms with van der Waals surface area (Å²) in [5, 5.41) is 4.14. The van der Waals surface area contributed by atoms with Gasteiger partial charge in [0.25, 0.3) is 0 Å². The highest BCUT2D eigenvalue weighted by atomic mass is 32.2. The Balaban J connectivity index is 1.58. The first-order valence-corrected chi connectivity index (χ1v) is 11.2. The van der Waals surface area contributed by atoms with Crippen LogP contribution in [0.25, 0.3) is 0 Å². The molecule has 2 saturated heterocycles. The molecular formula is C18H30N4O2S. The summed E-state index contributed by atoms with van der Waals surface area (Å²) in [4.78, 5) is 3.06. The average molecular weight is 367 g/mol. The van der Waals surface area contributed by atoms with Crippen molar-refractivity contribution in [1.82, 2.24) is 19.0 Å². The highest BCUT2D eigenvalue weighted by Gasteiger charge is 2.46. The lowest BCUT2D eigenvalue weighted by molar-refractivity contribution is -0.00312. The fourth-order valence-corrected chi connectivity index (χ4v) is 6.98. The summed E-state index contributed by atoms with van der Waals surface area (Å²) >= 11 is 0. The van der Waals surface area contributed by atoms with Crippen LogP contribution < -0.4 is 0 Å². The van der Waals surface area contributed by atoms with Gasteiger partial charge in [-0.1, -0.05) is 12.8 Å². The Bertz CT molecular complexity index is 709. The highest BCUT2D eigenvalue weighted by Crippen LogP contribution is 2.40. The molecule has 3 aliphatic rings. The van der Waals surface area contributed by atoms with Crippen molar-refractivity contribution in [2.24, 2.45) is 18.9 Å². The Labute approximate surface area is 151 Å². The molecule has 0 unspecified atom stereocenters. The summed E-state index contributed by atoms with van der Waals surface area (Å²) in [5.41, 5.74) is 0.725. The molecule has 0 N–H and O–H groups in total. The minimum Gasteiger partial charge on any atom is -0.300 e. The van der Waals surface area contributed by atoms with Crippen LogP contribution in [-0.4, -0.2) is 59.6 Å². The van der Waals surface area contributed by atoms with Gasteiger partial charge in [-0.25, -0.2) is 8.42 Å². The lowest BCUT2D eigenvalue weighted by atomic mass is 9.73. The molecule has 0 aromatic carbocycles. The summed E-state index contributed by atoms with van der Waals surface area (Å²) in [5.74, 6) is 0.967. The summed E-state index contributed by atoms with van der Waals surface area (Å²) in [6, 6.07) is 0.593. The van der Waals surface area contributed by atoms with E-state index in [9.17, 15) is 8.42 Å². The molecule has 1 aromatic heterocycles. The van der Waals surface area contributed by atoms with E-state index in [1.54, 1.807) is 16.0 Å². The van der Waals surface area contributed by atoms with Crippen LogP contribution in [0, 0.1) is 18.8 Å². The second kappa shape index (κ2) is 6.67. The van der Waals surface area contributed by atoms with E-state index < -0.39 is 10.0 Å². The molecule has 0 spiro atoms. The standard InChI is InChI=1S/C18H30N4O2S/c1-14-17(11-19-20(14)2)25(23,24)22-12-15-7-6-8-16(13-22)18(15)21-9-4-3-5-10-21/h11,15-16,18H,3-10,12-13H2,1-2H3/t15-,16-/m1/s1. The molecule has 3 fully saturated rings. The van der Waals surface area contributed by atoms with Gasteiger partial charge < -0.3 is 0 Å². The first kappa shape index (κ1) is 17.5. The number of hydrogen-bond acceptors (Lipinski definition) is 4. The maximum atomic E-state index is 13.2. The number of hydrogen-bond donors (Lipinski definition) is 0. The molecular weight excluding hydrogens is 336 g/mol. The molecule has 140 valence electrons. The topological polar surface area (TPSA) is 58.4 Å². The Morgan fingerprint density at radius 1 is 1.04 bits per heavy atom. The Morgan fingerprint density at radius 3 is 2.24 bits per heavy atom. The fourth-order valence-electron chi connectivity index (χ4n) is 5.24. The van der Waals surface area contributed by atoms with Crippen molar-refractivity contribution in [3.63, 3.8) is 0 Å². The van der Waals surface area contributed by atoms with E-state index in [0.29, 0.717) is 35.9 Å². The van der Waals surface area contributed by atoms with Crippen molar-refractivity contribution in [1.29, 1.82) is 0 Å². The van der Waals surface area contributed by atoms with Gasteiger partial charge in [-0.05, 0) is 57.5 Å². The third-order valence-corrected chi connectivity index (χ3v) is 8.55. The number of sulfonamides is 1. The van der Waals surface area contributed by atoms with Crippen LogP contribution in [0.3, 0.4) is 0 Å². The molecule has 1 aliphatic carbocycles. The average Bonchev–Trinajstić information content (AvgIpc) is 2.94. The molecule has 2 atom stereocenters. The van der Waals surface area contributed by atoms with Gasteiger partial charge in [0, 0.05) is 26.2 Å². The summed E-state index contributed by atoms with van der Waals surface area (Å²) in [6.07, 6.45) is 9.03. The summed E-state index contributed by atoms with van der Waals surface area (Å²) in [7, 11) is -1.64. The zero-order valence-electron chi connectivity index (χ0n) is 15.4. The minimum absolute atomic E-state index is 0.379. The molecule has 3 heterocycles. The van der Waals surface area contributed by atoms with Crippen LogP contribution in [0.15, 0.2) is 11.1 Å². The van der Waals surface area contributed by atoms with Crippen molar-refractivity contribution < 1.29 is 8.42 Å². The molecule has 25 heavy (non-hydrogen) atoms. The van der Waals surface area contributed by atoms with Gasteiger partial charge in [0.2, 0.25) is 10.0 Å². The SMILES string of the molecule is Cc1c(S(=O)(=O)N2C[C@H]3CCC[C@H](C2)C3N2CCCCC2)cnn1C. The van der Waals surface area contributed by atoms with Crippen molar-refractivity contribution >= 4 is 10.0 Å². The number of rotatable bonds is 3. The van der Waals surface area contributed by atoms with E-state index in [2.05, 4.69) is 10.00 Å². The van der Waals surface area contributed by atoms with E-state index in [4.69, 9.17) is 0 Å². The van der Waals surface area contributed by atoms with Gasteiger partial charge in [-0.3, -0.25) is 9.58 Å². The van der Waals surface area contributed by atoms with E-state index in [1.807, 2.05) is 6.92 Å². The maximum absolute atomic E-state index is 13.2. The van der Waals surface area contributed by atoms with Crippen molar-refractivity contribution in [2.45, 2.75) is 56.4 Å². The van der Waals surface area contributed by atoms with E-state index >= 15 is 0 Å². The van der Waals surface area contributed by atoms with Gasteiger partial charge in [0.05, 0.1) is 11.9 Å². The molecule has 2 aliphatic heterocycles. The molecule has 0 radical (unpaired) electrons. The first-order chi connectivity index (χ1) is 12.0. The number of nitrogens with zero attached hydrogens (tertiary/aromatic N) is 4. The number of fused-ring (bicyclic) bond motifs is 2. The lowest BCUT2D eigenvalue weighted by Crippen LogP contribution is -2.59. The van der Waals surface area contributed by atoms with Crippen molar-refractivity contribution in [2.75, 3.05) is 26.2 Å². The Kier molecular flexibility index (Phi) is 4.67. The van der Waals surface area contributed by atoms with Gasteiger partial charge in [0.15, 0.2) is 0 Å². The molecule has 1 aromatic rings. The third kappa shape index (κ3) is 3.04. The Hall–Kier alpha value is -0.920. The maximum Gasteiger partial charge on any atom is 0.246 e. The summed E-state index contributed by atoms with van der Waals surface area (Å²) in [6.45, 7) is 5.59. The molecule has 1 saturated carbocycles. The first-order valence-electron chi connectivity index (χ1n) is 9.71. The van der Waals surface area contributed by atoms with Gasteiger partial charge in [-0.15, -0.1) is 0 Å². The van der Waals surface area contributed by atoms with Crippen molar-refractivity contribution in [3.05, 3.63) is 11.9 Å². The van der Waals surface area contributed by atoms with E-state index in [-0.39, 0.29) is 0 Å². The van der Waals surface area contributed by atoms with Gasteiger partial charge in [-0.2, -0.15) is 9.40 Å². The predicted octanol–water partition coefficient (Wildman–Crippen LogP) is 2.00. The zero-order chi connectivity index (χ0) is 17.6. The highest BCUT2D eigenvalue weighted by molar-refractivity contribution is 7.89. The largest absolute Gasteiger partial charge is 0.300 e. The number of aromatic nitrogens is 2. The second-order valence-corrected chi connectivity index (χ2v) is 9.98. The number of aryl methyl sites for hydroxylation is 1. The predicted molar refractivity (Wildman–Crippen MR) is 96.7 cm³/mol. The second-order valence-electron chi connectivity index (χ2n) is 8.08. The van der Waals surface area contributed by atoms with Crippen molar-refractivity contribution in [3.8, 4) is 0 Å². The van der Waals surface area contributed by atoms with Crippen LogP contribution in [-0.2, 0) is 17.1 Å². The lowest BCUT2D eigenvalue weighted by Gasteiger charge is -2.51. The van der Waals surface area contributed by atoms with E-state index in [0.717, 1.165) is 18.5 Å². The normalized spacial score (nSPS) is 32.0. The van der Waals surface area contributed by atoms with Gasteiger partial charge in [0.1, 0.15) is 4.90 Å². The van der Waals surface area contributed by atoms with Crippen LogP contribution in [0.1, 0.15) is 44.2 Å². The monoisotopic (exact) mass is 366 g/mol. The quantitative estimate of drug-likeness (QED) is 0.821. The molecule has 0 amide bonds. The zero-order valence-corrected chi connectivity index (χ0v) is 16.2. The Morgan fingerprint density at radius 2 is 1.68 bits per heavy atom. The minimum atomic E-state index is -3.44. The fraction of sp³-hybridized carbons (Fsp3) is 0.833. The number of likely N-dealkylation sites (tertiary alicyclic amines) is 1. The van der Waals surface area contributed by atoms with Crippen LogP contribution in [0.5, 0.6) is 0 Å².